The lowest BCUT2D eigenvalue weighted by atomic mass is 9.83. The van der Waals surface area contributed by atoms with Crippen molar-refractivity contribution < 1.29 is 9.68 Å². The second kappa shape index (κ2) is 19.4. The third-order valence-corrected chi connectivity index (χ3v) is 12.1. The highest BCUT2D eigenvalue weighted by Gasteiger charge is 2.28. The fourth-order valence-corrected chi connectivity index (χ4v) is 8.78. The van der Waals surface area contributed by atoms with Gasteiger partial charge in [0.25, 0.3) is 5.56 Å². The zero-order chi connectivity index (χ0) is 42.2. The van der Waals surface area contributed by atoms with E-state index in [0.717, 1.165) is 84.7 Å². The molecule has 7 nitrogen and oxygen atoms in total. The molecule has 1 aliphatic rings. The number of aromatic nitrogens is 2. The molecule has 0 atom stereocenters. The number of allylic oxidation sites excluding steroid dienone is 8. The highest BCUT2D eigenvalue weighted by Crippen LogP contribution is 2.40. The van der Waals surface area contributed by atoms with Gasteiger partial charge in [0.1, 0.15) is 12.1 Å². The van der Waals surface area contributed by atoms with Crippen LogP contribution in [0.2, 0.25) is 0 Å². The molecule has 0 saturated carbocycles. The minimum Gasteiger partial charge on any atom is -0.494 e. The van der Waals surface area contributed by atoms with E-state index < -0.39 is 11.2 Å². The summed E-state index contributed by atoms with van der Waals surface area (Å²) in [6, 6.07) is 25.8. The smallest absolute Gasteiger partial charge is 0.333 e. The second-order valence-corrected chi connectivity index (χ2v) is 15.9. The Labute approximate surface area is 350 Å². The Bertz CT molecular complexity index is 2630. The van der Waals surface area contributed by atoms with Crippen LogP contribution in [0, 0.1) is 13.8 Å². The largest absolute Gasteiger partial charge is 0.494 e. The maximum absolute atomic E-state index is 14.6. The van der Waals surface area contributed by atoms with Crippen LogP contribution in [0.3, 0.4) is 0 Å². The molecular formula is C52H63N4O3+. The molecule has 308 valence electrons. The molecule has 5 aromatic rings. The van der Waals surface area contributed by atoms with Gasteiger partial charge in [0.05, 0.1) is 0 Å². The van der Waals surface area contributed by atoms with E-state index in [9.17, 15) is 14.7 Å². The third kappa shape index (κ3) is 8.85. The Balaban J connectivity index is 1.55. The van der Waals surface area contributed by atoms with Crippen LogP contribution in [0.4, 0.5) is 11.4 Å². The quantitative estimate of drug-likeness (QED) is 0.0847. The predicted molar refractivity (Wildman–Crippen MR) is 250 cm³/mol. The molecule has 0 amide bonds. The van der Waals surface area contributed by atoms with Crippen LogP contribution in [0.1, 0.15) is 103 Å². The summed E-state index contributed by atoms with van der Waals surface area (Å²) in [6.45, 7) is 19.3. The highest BCUT2D eigenvalue weighted by molar-refractivity contribution is 5.94. The van der Waals surface area contributed by atoms with E-state index in [1.807, 2.05) is 0 Å². The van der Waals surface area contributed by atoms with Crippen molar-refractivity contribution in [2.75, 3.05) is 18.0 Å². The summed E-state index contributed by atoms with van der Waals surface area (Å²) in [5.74, 6) is -0.236. The van der Waals surface area contributed by atoms with Crippen molar-refractivity contribution in [2.24, 2.45) is 0 Å². The molecule has 0 saturated heterocycles. The summed E-state index contributed by atoms with van der Waals surface area (Å²) < 4.78 is 5.12. The summed E-state index contributed by atoms with van der Waals surface area (Å²) >= 11 is 0. The summed E-state index contributed by atoms with van der Waals surface area (Å²) in [7, 11) is 0. The van der Waals surface area contributed by atoms with Crippen molar-refractivity contribution in [1.29, 1.82) is 0 Å². The first-order chi connectivity index (χ1) is 28.6. The van der Waals surface area contributed by atoms with Gasteiger partial charge >= 0.3 is 5.69 Å². The Hall–Kier alpha value is -5.69. The predicted octanol–water partition coefficient (Wildman–Crippen LogP) is 11.9. The van der Waals surface area contributed by atoms with Gasteiger partial charge in [-0.2, -0.15) is 4.58 Å². The summed E-state index contributed by atoms with van der Waals surface area (Å²) in [6.07, 6.45) is 14.0. The number of aromatic hydroxyl groups is 1. The van der Waals surface area contributed by atoms with Crippen LogP contribution in [-0.4, -0.2) is 37.6 Å². The highest BCUT2D eigenvalue weighted by atomic mass is 16.3. The summed E-state index contributed by atoms with van der Waals surface area (Å²) in [5.41, 5.74) is 8.99. The van der Waals surface area contributed by atoms with Crippen LogP contribution in [0.25, 0.3) is 27.1 Å². The third-order valence-electron chi connectivity index (χ3n) is 12.1. The van der Waals surface area contributed by atoms with Crippen molar-refractivity contribution in [3.63, 3.8) is 0 Å². The van der Waals surface area contributed by atoms with Crippen LogP contribution >= 0.6 is 0 Å². The first kappa shape index (κ1) is 42.9. The maximum Gasteiger partial charge on any atom is 0.333 e. The molecule has 4 aromatic carbocycles. The summed E-state index contributed by atoms with van der Waals surface area (Å²) in [4.78, 5) is 30.8. The van der Waals surface area contributed by atoms with Crippen molar-refractivity contribution >= 4 is 44.2 Å². The lowest BCUT2D eigenvalue weighted by Crippen LogP contribution is -2.41. The van der Waals surface area contributed by atoms with E-state index >= 15 is 0 Å². The van der Waals surface area contributed by atoms with Gasteiger partial charge in [0.15, 0.2) is 5.71 Å². The normalized spacial score (nSPS) is 14.9. The number of nitrogens with zero attached hydrogens (tertiary/aromatic N) is 4. The lowest BCUT2D eigenvalue weighted by Gasteiger charge is -2.27. The van der Waals surface area contributed by atoms with Crippen molar-refractivity contribution in [1.82, 2.24) is 9.13 Å². The molecule has 6 rings (SSSR count). The van der Waals surface area contributed by atoms with Crippen LogP contribution in [0.5, 0.6) is 5.88 Å². The monoisotopic (exact) mass is 791 g/mol. The average Bonchev–Trinajstić information content (AvgIpc) is 3.24. The molecule has 0 aliphatic heterocycles. The van der Waals surface area contributed by atoms with E-state index in [2.05, 4.69) is 162 Å². The minimum atomic E-state index is -0.439. The number of unbranched alkanes of at least 4 members (excludes halogenated alkanes) is 2. The van der Waals surface area contributed by atoms with Gasteiger partial charge in [-0.05, 0) is 129 Å². The van der Waals surface area contributed by atoms with Crippen molar-refractivity contribution in [2.45, 2.75) is 113 Å². The Morgan fingerprint density at radius 3 is 2.07 bits per heavy atom. The first-order valence-electron chi connectivity index (χ1n) is 21.8. The van der Waals surface area contributed by atoms with Crippen LogP contribution in [-0.2, 0) is 13.1 Å². The van der Waals surface area contributed by atoms with E-state index in [1.165, 1.54) is 41.8 Å². The molecule has 0 fully saturated rings. The van der Waals surface area contributed by atoms with Gasteiger partial charge < -0.3 is 10.0 Å². The number of benzene rings is 4. The maximum atomic E-state index is 14.6. The molecule has 59 heavy (non-hydrogen) atoms. The zero-order valence-electron chi connectivity index (χ0n) is 36.6. The van der Waals surface area contributed by atoms with Crippen LogP contribution in [0.15, 0.2) is 124 Å². The number of aryl methyl sites for hydroxylation is 2. The molecule has 1 heterocycles. The molecule has 0 spiro atoms. The Morgan fingerprint density at radius 1 is 0.797 bits per heavy atom. The number of hydrogen-bond acceptors (Lipinski definition) is 4. The fraction of sp³-hybridized carbons (Fsp3) is 0.365. The number of hydrogen-bond donors (Lipinski definition) is 1. The second-order valence-electron chi connectivity index (χ2n) is 15.9. The zero-order valence-corrected chi connectivity index (χ0v) is 36.6. The van der Waals surface area contributed by atoms with Gasteiger partial charge in [-0.1, -0.05) is 93.4 Å². The van der Waals surface area contributed by atoms with Crippen LogP contribution < -0.4 is 16.1 Å². The van der Waals surface area contributed by atoms with E-state index in [4.69, 9.17) is 0 Å². The Kier molecular flexibility index (Phi) is 14.1. The van der Waals surface area contributed by atoms with Gasteiger partial charge in [0, 0.05) is 55.6 Å². The average molecular weight is 792 g/mol. The molecule has 1 N–H and O–H groups in total. The lowest BCUT2D eigenvalue weighted by molar-refractivity contribution is -0.436. The Morgan fingerprint density at radius 2 is 1.42 bits per heavy atom. The van der Waals surface area contributed by atoms with Gasteiger partial charge in [-0.25, -0.2) is 4.79 Å². The molecule has 1 aliphatic carbocycles. The van der Waals surface area contributed by atoms with E-state index in [0.29, 0.717) is 25.9 Å². The standard InChI is InChI=1S/C52H62N4O3/c1-9-13-34-55-50(57)49(51(58)56(52(55)59)35-14-10-2)48-42(28-26-36(5)53(11-3)46-32-30-40-20-15-17-24-44(40)38(46)7)22-19-23-43(48)29-27-37(6)54(12-4)47-33-31-41-21-16-18-25-45(41)39(47)8/h15-18,20-21,24-33H,9-14,19,22-23,34-35H2,1-8H3/p+1/b36-26+,42-28+. The van der Waals surface area contributed by atoms with E-state index in [1.54, 1.807) is 0 Å². The molecule has 7 heteroatoms. The molecule has 0 radical (unpaired) electrons. The van der Waals surface area contributed by atoms with E-state index in [-0.39, 0.29) is 11.4 Å². The van der Waals surface area contributed by atoms with Gasteiger partial charge in [0.2, 0.25) is 11.6 Å². The minimum absolute atomic E-state index is 0.224. The fourth-order valence-electron chi connectivity index (χ4n) is 8.78. The molecule has 1 aromatic heterocycles. The number of fused-ring (bicyclic) bond motifs is 2. The summed E-state index contributed by atoms with van der Waals surface area (Å²) in [5, 5.41) is 17.0. The molecule has 0 bridgehead atoms. The first-order valence-corrected chi connectivity index (χ1v) is 21.8. The van der Waals surface area contributed by atoms with Crippen molar-refractivity contribution in [3.8, 4) is 5.88 Å². The van der Waals surface area contributed by atoms with Gasteiger partial charge in [-0.15, -0.1) is 0 Å². The SMILES string of the molecule is CCCCn1c(O)c(C2=C(/C=C/C(C)=[N+](CC)c3ccc4ccccc4c3C)CCC/C2=C\C=C(/C)N(CC)c2ccc3ccccc3c2C)c(=O)n(CCCC)c1=O. The number of rotatable bonds is 15. The molecule has 0 unspecified atom stereocenters. The number of anilines is 1. The topological polar surface area (TPSA) is 70.5 Å². The van der Waals surface area contributed by atoms with Gasteiger partial charge in [-0.3, -0.25) is 13.9 Å². The molecular weight excluding hydrogens is 729 g/mol. The van der Waals surface area contributed by atoms with Crippen molar-refractivity contribution in [3.05, 3.63) is 151 Å².